The highest BCUT2D eigenvalue weighted by molar-refractivity contribution is 7.09. The zero-order valence-corrected chi connectivity index (χ0v) is 10.6. The molecular formula is C13H20N2S. The van der Waals surface area contributed by atoms with Crippen molar-refractivity contribution in [2.45, 2.75) is 50.4 Å². The van der Waals surface area contributed by atoms with E-state index in [1.165, 1.54) is 49.2 Å². The summed E-state index contributed by atoms with van der Waals surface area (Å²) in [5, 5.41) is 7.02. The monoisotopic (exact) mass is 236 g/mol. The second-order valence-electron chi connectivity index (χ2n) is 5.15. The highest BCUT2D eigenvalue weighted by atomic mass is 32.1. The molecule has 2 fully saturated rings. The first-order valence-electron chi connectivity index (χ1n) is 6.59. The van der Waals surface area contributed by atoms with Crippen molar-refractivity contribution >= 4 is 11.3 Å². The summed E-state index contributed by atoms with van der Waals surface area (Å²) in [5.41, 5.74) is 1.40. The lowest BCUT2D eigenvalue weighted by Crippen LogP contribution is -2.39. The fourth-order valence-electron chi connectivity index (χ4n) is 2.71. The van der Waals surface area contributed by atoms with Gasteiger partial charge in [-0.3, -0.25) is 0 Å². The van der Waals surface area contributed by atoms with Gasteiger partial charge in [0.2, 0.25) is 0 Å². The van der Waals surface area contributed by atoms with E-state index in [0.717, 1.165) is 19.0 Å². The number of thiazole rings is 1. The molecule has 1 aromatic heterocycles. The number of nitrogens with zero attached hydrogens (tertiary/aromatic N) is 1. The Morgan fingerprint density at radius 1 is 1.06 bits per heavy atom. The van der Waals surface area contributed by atoms with Crippen LogP contribution in [0.5, 0.6) is 0 Å². The van der Waals surface area contributed by atoms with Gasteiger partial charge in [-0.05, 0) is 12.8 Å². The third kappa shape index (κ3) is 2.16. The van der Waals surface area contributed by atoms with Crippen LogP contribution in [0.4, 0.5) is 0 Å². The van der Waals surface area contributed by atoms with Gasteiger partial charge in [-0.15, -0.1) is 11.3 Å². The second kappa shape index (κ2) is 4.84. The average Bonchev–Trinajstić information content (AvgIpc) is 2.52. The number of aromatic nitrogens is 1. The molecule has 0 bridgehead atoms. The van der Waals surface area contributed by atoms with Crippen molar-refractivity contribution in [2.24, 2.45) is 0 Å². The van der Waals surface area contributed by atoms with Crippen LogP contribution in [0.3, 0.4) is 0 Å². The van der Waals surface area contributed by atoms with Gasteiger partial charge < -0.3 is 5.32 Å². The predicted molar refractivity (Wildman–Crippen MR) is 68.2 cm³/mol. The molecule has 1 aromatic rings. The van der Waals surface area contributed by atoms with E-state index in [-0.39, 0.29) is 0 Å². The molecular weight excluding hydrogens is 216 g/mol. The first kappa shape index (κ1) is 10.7. The van der Waals surface area contributed by atoms with Crippen LogP contribution in [0, 0.1) is 0 Å². The lowest BCUT2D eigenvalue weighted by Gasteiger charge is -2.24. The average molecular weight is 236 g/mol. The van der Waals surface area contributed by atoms with Crippen molar-refractivity contribution in [1.29, 1.82) is 0 Å². The molecule has 2 heterocycles. The summed E-state index contributed by atoms with van der Waals surface area (Å²) in [6.45, 7) is 2.27. The zero-order valence-electron chi connectivity index (χ0n) is 9.74. The maximum Gasteiger partial charge on any atom is 0.0984 e. The largest absolute Gasteiger partial charge is 0.315 e. The van der Waals surface area contributed by atoms with Gasteiger partial charge in [-0.2, -0.15) is 0 Å². The molecule has 1 aliphatic heterocycles. The van der Waals surface area contributed by atoms with Gasteiger partial charge in [0.15, 0.2) is 0 Å². The fourth-order valence-corrected chi connectivity index (χ4v) is 3.72. The van der Waals surface area contributed by atoms with Crippen molar-refractivity contribution in [1.82, 2.24) is 10.3 Å². The molecule has 3 rings (SSSR count). The van der Waals surface area contributed by atoms with Crippen molar-refractivity contribution in [2.75, 3.05) is 13.1 Å². The predicted octanol–water partition coefficient (Wildman–Crippen LogP) is 3.27. The van der Waals surface area contributed by atoms with Crippen molar-refractivity contribution < 1.29 is 0 Å². The van der Waals surface area contributed by atoms with E-state index in [1.54, 1.807) is 0 Å². The number of hydrogen-bond donors (Lipinski definition) is 1. The quantitative estimate of drug-likeness (QED) is 0.797. The van der Waals surface area contributed by atoms with E-state index in [9.17, 15) is 0 Å². The van der Waals surface area contributed by atoms with Gasteiger partial charge in [0.1, 0.15) is 0 Å². The van der Waals surface area contributed by atoms with E-state index in [2.05, 4.69) is 10.7 Å². The summed E-state index contributed by atoms with van der Waals surface area (Å²) in [5.74, 6) is 1.48. The highest BCUT2D eigenvalue weighted by Gasteiger charge is 2.24. The minimum atomic E-state index is 0.713. The maximum absolute atomic E-state index is 4.88. The van der Waals surface area contributed by atoms with Gasteiger partial charge in [0.25, 0.3) is 0 Å². The molecule has 2 nitrogen and oxygen atoms in total. The molecule has 0 spiro atoms. The van der Waals surface area contributed by atoms with E-state index >= 15 is 0 Å². The molecule has 0 aromatic carbocycles. The van der Waals surface area contributed by atoms with Crippen LogP contribution in [0.1, 0.15) is 61.1 Å². The third-order valence-corrected chi connectivity index (χ3v) is 4.97. The Kier molecular flexibility index (Phi) is 3.25. The Morgan fingerprint density at radius 3 is 2.44 bits per heavy atom. The molecule has 88 valence electrons. The first-order chi connectivity index (χ1) is 7.93. The van der Waals surface area contributed by atoms with Crippen LogP contribution < -0.4 is 5.32 Å². The molecule has 0 atom stereocenters. The zero-order chi connectivity index (χ0) is 10.8. The molecule has 0 unspecified atom stereocenters. The van der Waals surface area contributed by atoms with Crippen LogP contribution in [-0.2, 0) is 0 Å². The van der Waals surface area contributed by atoms with Crippen LogP contribution in [-0.4, -0.2) is 18.1 Å². The first-order valence-corrected chi connectivity index (χ1v) is 7.47. The Balaban J connectivity index is 1.70. The van der Waals surface area contributed by atoms with E-state index in [1.807, 2.05) is 11.3 Å². The smallest absolute Gasteiger partial charge is 0.0984 e. The summed E-state index contributed by atoms with van der Waals surface area (Å²) in [6, 6.07) is 0. The van der Waals surface area contributed by atoms with Crippen LogP contribution in [0.15, 0.2) is 5.38 Å². The Bertz CT molecular complexity index is 335. The molecule has 0 radical (unpaired) electrons. The summed E-state index contributed by atoms with van der Waals surface area (Å²) in [7, 11) is 0. The van der Waals surface area contributed by atoms with Crippen molar-refractivity contribution in [3.8, 4) is 0 Å². The summed E-state index contributed by atoms with van der Waals surface area (Å²) >= 11 is 1.88. The highest BCUT2D eigenvalue weighted by Crippen LogP contribution is 2.34. The number of nitrogens with one attached hydrogen (secondary N) is 1. The van der Waals surface area contributed by atoms with Crippen LogP contribution in [0.25, 0.3) is 0 Å². The summed E-state index contributed by atoms with van der Waals surface area (Å²) in [4.78, 5) is 4.88. The molecule has 1 saturated heterocycles. The normalized spacial score (nSPS) is 24.0. The summed E-state index contributed by atoms with van der Waals surface area (Å²) in [6.07, 6.45) is 8.41. The number of rotatable bonds is 2. The molecule has 0 amide bonds. The van der Waals surface area contributed by atoms with E-state index in [4.69, 9.17) is 4.98 Å². The Labute approximate surface area is 101 Å². The minimum absolute atomic E-state index is 0.713. The standard InChI is InChI=1S/C13H20N2S/c1-2-4-6-10(5-3-1)12-9-16-13(15-12)11-7-14-8-11/h9-11,14H,1-8H2. The van der Waals surface area contributed by atoms with Gasteiger partial charge in [-0.25, -0.2) is 4.98 Å². The van der Waals surface area contributed by atoms with Crippen molar-refractivity contribution in [3.63, 3.8) is 0 Å². The van der Waals surface area contributed by atoms with Gasteiger partial charge >= 0.3 is 0 Å². The van der Waals surface area contributed by atoms with Gasteiger partial charge in [-0.1, -0.05) is 25.7 Å². The fraction of sp³-hybridized carbons (Fsp3) is 0.769. The molecule has 1 N–H and O–H groups in total. The third-order valence-electron chi connectivity index (χ3n) is 3.94. The molecule has 16 heavy (non-hydrogen) atoms. The lowest BCUT2D eigenvalue weighted by molar-refractivity contribution is 0.445. The van der Waals surface area contributed by atoms with Gasteiger partial charge in [0, 0.05) is 30.3 Å². The second-order valence-corrected chi connectivity index (χ2v) is 6.04. The molecule has 2 aliphatic rings. The van der Waals surface area contributed by atoms with E-state index in [0.29, 0.717) is 5.92 Å². The maximum atomic E-state index is 4.88. The molecule has 3 heteroatoms. The molecule has 1 saturated carbocycles. The van der Waals surface area contributed by atoms with Crippen LogP contribution in [0.2, 0.25) is 0 Å². The minimum Gasteiger partial charge on any atom is -0.315 e. The number of hydrogen-bond acceptors (Lipinski definition) is 3. The van der Waals surface area contributed by atoms with Gasteiger partial charge in [0.05, 0.1) is 10.7 Å². The Hall–Kier alpha value is -0.410. The SMILES string of the molecule is c1sc(C2CNC2)nc1C1CCCCCC1. The van der Waals surface area contributed by atoms with Crippen LogP contribution >= 0.6 is 11.3 Å². The topological polar surface area (TPSA) is 24.9 Å². The lowest BCUT2D eigenvalue weighted by atomic mass is 9.97. The molecule has 1 aliphatic carbocycles. The van der Waals surface area contributed by atoms with E-state index < -0.39 is 0 Å². The Morgan fingerprint density at radius 2 is 1.81 bits per heavy atom. The summed E-state index contributed by atoms with van der Waals surface area (Å²) < 4.78 is 0. The van der Waals surface area contributed by atoms with Crippen molar-refractivity contribution in [3.05, 3.63) is 16.1 Å².